The predicted octanol–water partition coefficient (Wildman–Crippen LogP) is 1.39. The van der Waals surface area contributed by atoms with E-state index in [4.69, 9.17) is 15.6 Å². The maximum absolute atomic E-state index is 10.6. The number of anilines is 1. The summed E-state index contributed by atoms with van der Waals surface area (Å²) in [6.07, 6.45) is -0.987. The second kappa shape index (κ2) is 4.54. The molecule has 5 heteroatoms. The largest absolute Gasteiger partial charge is 0.496 e. The molecule has 1 aromatic rings. The summed E-state index contributed by atoms with van der Waals surface area (Å²) in [6, 6.07) is 5.14. The monoisotopic (exact) mass is 210 g/mol. The summed E-state index contributed by atoms with van der Waals surface area (Å²) >= 11 is 0. The van der Waals surface area contributed by atoms with Crippen LogP contribution in [0, 0.1) is 0 Å². The number of carboxylic acid groups (broad SMARTS) is 1. The van der Waals surface area contributed by atoms with Crippen LogP contribution in [0.3, 0.4) is 0 Å². The van der Waals surface area contributed by atoms with Crippen molar-refractivity contribution in [2.24, 2.45) is 0 Å². The molecule has 1 amide bonds. The first-order valence-electron chi connectivity index (χ1n) is 4.41. The van der Waals surface area contributed by atoms with Gasteiger partial charge in [-0.05, 0) is 18.2 Å². The van der Waals surface area contributed by atoms with Crippen molar-refractivity contribution >= 4 is 11.8 Å². The standard InChI is InChI=1S/C10H14N2O3/c1-12(10(13)14)6-7-5-8(11)3-4-9(7)15-2/h3-5H,6,11H2,1-2H3,(H,13,14). The van der Waals surface area contributed by atoms with Crippen LogP contribution in [0.15, 0.2) is 18.2 Å². The molecule has 1 aromatic carbocycles. The first-order chi connectivity index (χ1) is 7.04. The van der Waals surface area contributed by atoms with Crippen LogP contribution >= 0.6 is 0 Å². The summed E-state index contributed by atoms with van der Waals surface area (Å²) in [5.74, 6) is 0.636. The highest BCUT2D eigenvalue weighted by Gasteiger charge is 2.10. The van der Waals surface area contributed by atoms with E-state index in [1.54, 1.807) is 18.2 Å². The Bertz CT molecular complexity index is 366. The normalized spacial score (nSPS) is 9.73. The van der Waals surface area contributed by atoms with E-state index in [0.29, 0.717) is 11.4 Å². The number of hydrogen-bond acceptors (Lipinski definition) is 3. The molecule has 0 aromatic heterocycles. The molecular weight excluding hydrogens is 196 g/mol. The minimum Gasteiger partial charge on any atom is -0.496 e. The smallest absolute Gasteiger partial charge is 0.407 e. The average molecular weight is 210 g/mol. The maximum atomic E-state index is 10.6. The lowest BCUT2D eigenvalue weighted by molar-refractivity contribution is 0.153. The fourth-order valence-corrected chi connectivity index (χ4v) is 1.25. The summed E-state index contributed by atoms with van der Waals surface area (Å²) in [6.45, 7) is 0.254. The predicted molar refractivity (Wildman–Crippen MR) is 56.9 cm³/mol. The topological polar surface area (TPSA) is 75.8 Å². The zero-order valence-electron chi connectivity index (χ0n) is 8.73. The van der Waals surface area contributed by atoms with Gasteiger partial charge in [-0.1, -0.05) is 0 Å². The van der Waals surface area contributed by atoms with Crippen LogP contribution in [0.2, 0.25) is 0 Å². The van der Waals surface area contributed by atoms with Gasteiger partial charge in [-0.3, -0.25) is 0 Å². The van der Waals surface area contributed by atoms with Crippen LogP contribution in [-0.2, 0) is 6.54 Å². The van der Waals surface area contributed by atoms with Crippen molar-refractivity contribution in [1.29, 1.82) is 0 Å². The van der Waals surface area contributed by atoms with E-state index in [1.165, 1.54) is 14.2 Å². The number of carbonyl (C=O) groups is 1. The highest BCUT2D eigenvalue weighted by molar-refractivity contribution is 5.65. The van der Waals surface area contributed by atoms with Gasteiger partial charge in [0.15, 0.2) is 0 Å². The van der Waals surface area contributed by atoms with Crippen molar-refractivity contribution in [1.82, 2.24) is 4.90 Å². The summed E-state index contributed by atoms with van der Waals surface area (Å²) in [4.78, 5) is 11.8. The van der Waals surface area contributed by atoms with E-state index in [1.807, 2.05) is 0 Å². The number of nitrogen functional groups attached to an aromatic ring is 1. The number of rotatable bonds is 3. The quantitative estimate of drug-likeness (QED) is 0.739. The molecule has 0 saturated heterocycles. The Hall–Kier alpha value is -1.91. The summed E-state index contributed by atoms with van der Waals surface area (Å²) in [7, 11) is 3.03. The molecule has 15 heavy (non-hydrogen) atoms. The number of nitrogens with zero attached hydrogens (tertiary/aromatic N) is 1. The molecule has 0 aliphatic carbocycles. The van der Waals surface area contributed by atoms with Crippen molar-refractivity contribution in [2.75, 3.05) is 19.9 Å². The Morgan fingerprint density at radius 2 is 2.27 bits per heavy atom. The first-order valence-corrected chi connectivity index (χ1v) is 4.41. The van der Waals surface area contributed by atoms with Crippen molar-refractivity contribution in [2.45, 2.75) is 6.54 Å². The van der Waals surface area contributed by atoms with E-state index < -0.39 is 6.09 Å². The number of methoxy groups -OCH3 is 1. The van der Waals surface area contributed by atoms with Gasteiger partial charge in [0, 0.05) is 18.3 Å². The molecule has 0 unspecified atom stereocenters. The van der Waals surface area contributed by atoms with Crippen LogP contribution < -0.4 is 10.5 Å². The van der Waals surface area contributed by atoms with Gasteiger partial charge in [0.1, 0.15) is 5.75 Å². The van der Waals surface area contributed by atoms with Gasteiger partial charge >= 0.3 is 6.09 Å². The third-order valence-corrected chi connectivity index (χ3v) is 2.04. The van der Waals surface area contributed by atoms with Crippen molar-refractivity contribution < 1.29 is 14.6 Å². The highest BCUT2D eigenvalue weighted by atomic mass is 16.5. The zero-order valence-corrected chi connectivity index (χ0v) is 8.73. The van der Waals surface area contributed by atoms with Crippen LogP contribution in [0.1, 0.15) is 5.56 Å². The number of hydrogen-bond donors (Lipinski definition) is 2. The maximum Gasteiger partial charge on any atom is 0.407 e. The minimum atomic E-state index is -0.987. The van der Waals surface area contributed by atoms with Crippen LogP contribution in [0.5, 0.6) is 5.75 Å². The Morgan fingerprint density at radius 3 is 2.80 bits per heavy atom. The van der Waals surface area contributed by atoms with Crippen LogP contribution in [0.4, 0.5) is 10.5 Å². The molecule has 1 rings (SSSR count). The number of ether oxygens (including phenoxy) is 1. The molecule has 3 N–H and O–H groups in total. The molecular formula is C10H14N2O3. The van der Waals surface area contributed by atoms with Gasteiger partial charge in [0.2, 0.25) is 0 Å². The average Bonchev–Trinajstić information content (AvgIpc) is 2.18. The Kier molecular flexibility index (Phi) is 3.38. The van der Waals surface area contributed by atoms with Gasteiger partial charge < -0.3 is 20.5 Å². The third kappa shape index (κ3) is 2.77. The molecule has 0 saturated carbocycles. The summed E-state index contributed by atoms with van der Waals surface area (Å²) in [5.41, 5.74) is 6.95. The lowest BCUT2D eigenvalue weighted by Gasteiger charge is -2.15. The number of benzene rings is 1. The Labute approximate surface area is 88.1 Å². The van der Waals surface area contributed by atoms with Gasteiger partial charge in [0.25, 0.3) is 0 Å². The molecule has 0 atom stereocenters. The zero-order chi connectivity index (χ0) is 11.4. The van der Waals surface area contributed by atoms with Gasteiger partial charge in [0.05, 0.1) is 13.7 Å². The second-order valence-corrected chi connectivity index (χ2v) is 3.21. The summed E-state index contributed by atoms with van der Waals surface area (Å²) < 4.78 is 5.11. The van der Waals surface area contributed by atoms with Crippen molar-refractivity contribution in [3.63, 3.8) is 0 Å². The van der Waals surface area contributed by atoms with E-state index in [2.05, 4.69) is 0 Å². The van der Waals surface area contributed by atoms with E-state index in [0.717, 1.165) is 10.5 Å². The lowest BCUT2D eigenvalue weighted by Crippen LogP contribution is -2.24. The summed E-state index contributed by atoms with van der Waals surface area (Å²) in [5, 5.41) is 8.73. The van der Waals surface area contributed by atoms with E-state index >= 15 is 0 Å². The highest BCUT2D eigenvalue weighted by Crippen LogP contribution is 2.22. The second-order valence-electron chi connectivity index (χ2n) is 3.21. The van der Waals surface area contributed by atoms with Crippen molar-refractivity contribution in [3.05, 3.63) is 23.8 Å². The molecule has 5 nitrogen and oxygen atoms in total. The van der Waals surface area contributed by atoms with Crippen LogP contribution in [-0.4, -0.2) is 30.3 Å². The molecule has 0 bridgehead atoms. The molecule has 0 radical (unpaired) electrons. The SMILES string of the molecule is COc1ccc(N)cc1CN(C)C(=O)O. The first kappa shape index (κ1) is 11.2. The minimum absolute atomic E-state index is 0.254. The van der Waals surface area contributed by atoms with Gasteiger partial charge in [-0.2, -0.15) is 0 Å². The fraction of sp³-hybridized carbons (Fsp3) is 0.300. The van der Waals surface area contributed by atoms with Gasteiger partial charge in [-0.15, -0.1) is 0 Å². The fourth-order valence-electron chi connectivity index (χ4n) is 1.25. The Morgan fingerprint density at radius 1 is 1.60 bits per heavy atom. The number of amides is 1. The van der Waals surface area contributed by atoms with Crippen molar-refractivity contribution in [3.8, 4) is 5.75 Å². The number of nitrogens with two attached hydrogens (primary N) is 1. The van der Waals surface area contributed by atoms with E-state index in [-0.39, 0.29) is 6.54 Å². The Balaban J connectivity index is 2.91. The molecule has 82 valence electrons. The molecule has 0 aliphatic heterocycles. The molecule has 0 fully saturated rings. The van der Waals surface area contributed by atoms with Gasteiger partial charge in [-0.25, -0.2) is 4.79 Å². The van der Waals surface area contributed by atoms with E-state index in [9.17, 15) is 4.79 Å². The third-order valence-electron chi connectivity index (χ3n) is 2.04. The molecule has 0 spiro atoms. The lowest BCUT2D eigenvalue weighted by atomic mass is 10.1. The molecule has 0 aliphatic rings. The molecule has 0 heterocycles. The van der Waals surface area contributed by atoms with Crippen LogP contribution in [0.25, 0.3) is 0 Å².